The molecule has 26 heavy (non-hydrogen) atoms. The Morgan fingerprint density at radius 1 is 1.19 bits per heavy atom. The van der Waals surface area contributed by atoms with Gasteiger partial charge >= 0.3 is 0 Å². The number of sulfonamides is 1. The molecule has 0 aromatic heterocycles. The number of anilines is 1. The average Bonchev–Trinajstić information content (AvgIpc) is 2.60. The normalized spacial score (nSPS) is 14.0. The molecule has 0 saturated carbocycles. The van der Waals surface area contributed by atoms with Gasteiger partial charge in [0.25, 0.3) is 0 Å². The number of nitrogens with one attached hydrogen (secondary N) is 1. The molecular weight excluding hydrogens is 357 g/mol. The summed E-state index contributed by atoms with van der Waals surface area (Å²) < 4.78 is 36.6. The second-order valence-electron chi connectivity index (χ2n) is 6.24. The average molecular weight is 377 g/mol. The molecule has 138 valence electrons. The fourth-order valence-electron chi connectivity index (χ4n) is 3.07. The van der Waals surface area contributed by atoms with Gasteiger partial charge < -0.3 is 10.2 Å². The van der Waals surface area contributed by atoms with E-state index in [2.05, 4.69) is 5.32 Å². The van der Waals surface area contributed by atoms with Crippen molar-refractivity contribution in [2.24, 2.45) is 5.14 Å². The SMILES string of the molecule is NS(=O)(=O)c1ccc(CNC(=O)CN2CCCc3cccc(F)c32)cc1. The van der Waals surface area contributed by atoms with E-state index < -0.39 is 10.0 Å². The van der Waals surface area contributed by atoms with Gasteiger partial charge in [-0.3, -0.25) is 4.79 Å². The van der Waals surface area contributed by atoms with Gasteiger partial charge in [0.05, 0.1) is 17.1 Å². The number of benzene rings is 2. The second-order valence-corrected chi connectivity index (χ2v) is 7.80. The van der Waals surface area contributed by atoms with Gasteiger partial charge in [0.1, 0.15) is 5.82 Å². The number of halogens is 1. The van der Waals surface area contributed by atoms with E-state index in [9.17, 15) is 17.6 Å². The molecular formula is C18H20FN3O3S. The van der Waals surface area contributed by atoms with Crippen molar-refractivity contribution in [1.82, 2.24) is 5.32 Å². The standard InChI is InChI=1S/C18H20FN3O3S/c19-16-5-1-3-14-4-2-10-22(18(14)16)12-17(23)21-11-13-6-8-15(9-7-13)26(20,24)25/h1,3,5-9H,2,4,10-12H2,(H,21,23)(H2,20,24,25). The number of hydrogen-bond donors (Lipinski definition) is 2. The van der Waals surface area contributed by atoms with Gasteiger partial charge in [-0.15, -0.1) is 0 Å². The minimum Gasteiger partial charge on any atom is -0.360 e. The highest BCUT2D eigenvalue weighted by atomic mass is 32.2. The molecule has 1 heterocycles. The number of para-hydroxylation sites is 1. The molecule has 1 aliphatic heterocycles. The first-order chi connectivity index (χ1) is 12.3. The van der Waals surface area contributed by atoms with E-state index in [1.807, 2.05) is 6.07 Å². The van der Waals surface area contributed by atoms with Gasteiger partial charge in [0.2, 0.25) is 15.9 Å². The van der Waals surface area contributed by atoms with E-state index in [0.29, 0.717) is 12.2 Å². The maximum absolute atomic E-state index is 14.1. The molecule has 0 unspecified atom stereocenters. The Labute approximate surface area is 151 Å². The summed E-state index contributed by atoms with van der Waals surface area (Å²) in [6, 6.07) is 11.0. The number of nitrogens with zero attached hydrogens (tertiary/aromatic N) is 1. The minimum atomic E-state index is -3.73. The molecule has 0 atom stereocenters. The number of nitrogens with two attached hydrogens (primary N) is 1. The summed E-state index contributed by atoms with van der Waals surface area (Å²) in [5.41, 5.74) is 2.17. The Morgan fingerprint density at radius 3 is 2.62 bits per heavy atom. The van der Waals surface area contributed by atoms with Gasteiger partial charge in [0.15, 0.2) is 0 Å². The van der Waals surface area contributed by atoms with Crippen molar-refractivity contribution in [3.63, 3.8) is 0 Å². The maximum atomic E-state index is 14.1. The largest absolute Gasteiger partial charge is 0.360 e. The number of carbonyl (C=O) groups excluding carboxylic acids is 1. The van der Waals surface area contributed by atoms with Crippen molar-refractivity contribution in [3.8, 4) is 0 Å². The first-order valence-corrected chi connectivity index (χ1v) is 9.80. The Bertz CT molecular complexity index is 914. The van der Waals surface area contributed by atoms with Crippen LogP contribution in [0.5, 0.6) is 0 Å². The zero-order valence-electron chi connectivity index (χ0n) is 14.1. The lowest BCUT2D eigenvalue weighted by molar-refractivity contribution is -0.119. The van der Waals surface area contributed by atoms with Gasteiger partial charge in [0, 0.05) is 13.1 Å². The van der Waals surface area contributed by atoms with E-state index in [1.54, 1.807) is 23.1 Å². The maximum Gasteiger partial charge on any atom is 0.239 e. The van der Waals surface area contributed by atoms with Gasteiger partial charge in [-0.25, -0.2) is 17.9 Å². The lowest BCUT2D eigenvalue weighted by Gasteiger charge is -2.31. The third-order valence-electron chi connectivity index (χ3n) is 4.34. The first kappa shape index (κ1) is 18.3. The molecule has 0 radical (unpaired) electrons. The number of carbonyl (C=O) groups is 1. The lowest BCUT2D eigenvalue weighted by Crippen LogP contribution is -2.40. The Balaban J connectivity index is 1.61. The lowest BCUT2D eigenvalue weighted by atomic mass is 10.0. The molecule has 2 aromatic carbocycles. The molecule has 0 aliphatic carbocycles. The number of amides is 1. The summed E-state index contributed by atoms with van der Waals surface area (Å²) in [5.74, 6) is -0.537. The minimum absolute atomic E-state index is 0.0213. The van der Waals surface area contributed by atoms with Crippen LogP contribution in [0.25, 0.3) is 0 Å². The van der Waals surface area contributed by atoms with Crippen molar-refractivity contribution in [3.05, 3.63) is 59.4 Å². The highest BCUT2D eigenvalue weighted by Gasteiger charge is 2.22. The second kappa shape index (κ2) is 7.43. The summed E-state index contributed by atoms with van der Waals surface area (Å²) in [6.45, 7) is 0.954. The van der Waals surface area contributed by atoms with Crippen LogP contribution < -0.4 is 15.4 Å². The predicted molar refractivity (Wildman–Crippen MR) is 96.6 cm³/mol. The molecule has 0 spiro atoms. The molecule has 2 aromatic rings. The van der Waals surface area contributed by atoms with Crippen LogP contribution in [0.4, 0.5) is 10.1 Å². The fourth-order valence-corrected chi connectivity index (χ4v) is 3.59. The molecule has 0 fully saturated rings. The predicted octanol–water partition coefficient (Wildman–Crippen LogP) is 1.54. The number of primary sulfonamides is 1. The van der Waals surface area contributed by atoms with E-state index in [-0.39, 0.29) is 29.7 Å². The fraction of sp³-hybridized carbons (Fsp3) is 0.278. The molecule has 6 nitrogen and oxygen atoms in total. The smallest absolute Gasteiger partial charge is 0.239 e. The Kier molecular flexibility index (Phi) is 5.24. The van der Waals surface area contributed by atoms with Crippen LogP contribution in [0.3, 0.4) is 0 Å². The highest BCUT2D eigenvalue weighted by Crippen LogP contribution is 2.29. The van der Waals surface area contributed by atoms with Crippen LogP contribution in [0.2, 0.25) is 0 Å². The topological polar surface area (TPSA) is 92.5 Å². The highest BCUT2D eigenvalue weighted by molar-refractivity contribution is 7.89. The van der Waals surface area contributed by atoms with Crippen molar-refractivity contribution >= 4 is 21.6 Å². The summed E-state index contributed by atoms with van der Waals surface area (Å²) in [4.78, 5) is 14.0. The molecule has 0 saturated heterocycles. The summed E-state index contributed by atoms with van der Waals surface area (Å²) >= 11 is 0. The number of aryl methyl sites for hydroxylation is 1. The number of hydrogen-bond acceptors (Lipinski definition) is 4. The molecule has 1 aliphatic rings. The van der Waals surface area contributed by atoms with E-state index in [0.717, 1.165) is 24.0 Å². The molecule has 3 rings (SSSR count). The first-order valence-electron chi connectivity index (χ1n) is 8.25. The van der Waals surface area contributed by atoms with E-state index >= 15 is 0 Å². The van der Waals surface area contributed by atoms with E-state index in [4.69, 9.17) is 5.14 Å². The van der Waals surface area contributed by atoms with Gasteiger partial charge in [-0.2, -0.15) is 0 Å². The Hall–Kier alpha value is -2.45. The van der Waals surface area contributed by atoms with Crippen molar-refractivity contribution in [1.29, 1.82) is 0 Å². The molecule has 1 amide bonds. The van der Waals surface area contributed by atoms with Crippen LogP contribution in [-0.4, -0.2) is 27.4 Å². The summed E-state index contributed by atoms with van der Waals surface area (Å²) in [5, 5.41) is 7.82. The molecule has 0 bridgehead atoms. The summed E-state index contributed by atoms with van der Waals surface area (Å²) in [7, 11) is -3.73. The van der Waals surface area contributed by atoms with Crippen molar-refractivity contribution < 1.29 is 17.6 Å². The molecule has 3 N–H and O–H groups in total. The Morgan fingerprint density at radius 2 is 1.92 bits per heavy atom. The van der Waals surface area contributed by atoms with Crippen LogP contribution in [0.1, 0.15) is 17.5 Å². The third kappa shape index (κ3) is 4.20. The quantitative estimate of drug-likeness (QED) is 0.827. The molecule has 8 heteroatoms. The zero-order chi connectivity index (χ0) is 18.7. The third-order valence-corrected chi connectivity index (χ3v) is 5.27. The van der Waals surface area contributed by atoms with E-state index in [1.165, 1.54) is 18.2 Å². The monoisotopic (exact) mass is 377 g/mol. The van der Waals surface area contributed by atoms with Crippen LogP contribution in [-0.2, 0) is 27.8 Å². The van der Waals surface area contributed by atoms with Crippen LogP contribution in [0, 0.1) is 5.82 Å². The summed E-state index contributed by atoms with van der Waals surface area (Å²) in [6.07, 6.45) is 1.68. The van der Waals surface area contributed by atoms with Crippen LogP contribution >= 0.6 is 0 Å². The number of rotatable bonds is 5. The number of fused-ring (bicyclic) bond motifs is 1. The van der Waals surface area contributed by atoms with Crippen molar-refractivity contribution in [2.45, 2.75) is 24.3 Å². The van der Waals surface area contributed by atoms with Gasteiger partial charge in [-0.1, -0.05) is 24.3 Å². The zero-order valence-corrected chi connectivity index (χ0v) is 14.9. The van der Waals surface area contributed by atoms with Gasteiger partial charge in [-0.05, 0) is 42.2 Å². The van der Waals surface area contributed by atoms with Crippen LogP contribution in [0.15, 0.2) is 47.4 Å². The van der Waals surface area contributed by atoms with Crippen molar-refractivity contribution in [2.75, 3.05) is 18.0 Å².